The van der Waals surface area contributed by atoms with Crippen molar-refractivity contribution in [1.82, 2.24) is 5.16 Å². The number of hydrogen-bond acceptors (Lipinski definition) is 8. The van der Waals surface area contributed by atoms with Gasteiger partial charge in [0, 0.05) is 12.0 Å². The number of rotatable bonds is 10. The van der Waals surface area contributed by atoms with Crippen molar-refractivity contribution in [2.45, 2.75) is 17.7 Å². The van der Waals surface area contributed by atoms with Gasteiger partial charge in [-0.25, -0.2) is 4.79 Å². The zero-order valence-corrected chi connectivity index (χ0v) is 20.0. The minimum Gasteiger partial charge on any atom is -0.503 e. The molecule has 34 heavy (non-hydrogen) atoms. The Bertz CT molecular complexity index is 1220. The fourth-order valence-electron chi connectivity index (χ4n) is 3.21. The van der Waals surface area contributed by atoms with Gasteiger partial charge in [0.1, 0.15) is 27.1 Å². The molecule has 0 saturated heterocycles. The van der Waals surface area contributed by atoms with Gasteiger partial charge in [0.15, 0.2) is 5.58 Å². The van der Waals surface area contributed by atoms with Gasteiger partial charge in [-0.15, -0.1) is 23.2 Å². The Morgan fingerprint density at radius 1 is 1.26 bits per heavy atom. The normalized spacial score (nSPS) is 17.4. The lowest BCUT2D eigenvalue weighted by molar-refractivity contribution is -0.149. The second-order valence-corrected chi connectivity index (χ2v) is 9.19. The lowest BCUT2D eigenvalue weighted by atomic mass is 10.1. The molecule has 1 fully saturated rings. The smallest absolute Gasteiger partial charge is 0.344 e. The molecule has 4 rings (SSSR count). The first-order valence-electron chi connectivity index (χ1n) is 10.4. The van der Waals surface area contributed by atoms with E-state index in [2.05, 4.69) is 10.3 Å². The lowest BCUT2D eigenvalue weighted by Gasteiger charge is -2.07. The van der Waals surface area contributed by atoms with Gasteiger partial charge in [-0.2, -0.15) is 0 Å². The van der Waals surface area contributed by atoms with Gasteiger partial charge in [-0.05, 0) is 31.0 Å². The first-order chi connectivity index (χ1) is 16.4. The number of hydrogen-bond donors (Lipinski definition) is 0. The summed E-state index contributed by atoms with van der Waals surface area (Å²) in [6, 6.07) is 14.4. The molecule has 178 valence electrons. The molecule has 1 heterocycles. The van der Waals surface area contributed by atoms with E-state index in [0.29, 0.717) is 41.3 Å². The number of carbonyl (C=O) groups excluding carboxylic acids is 1. The topological polar surface area (TPSA) is 92.4 Å². The molecular formula is C24H22Cl2N2O6. The van der Waals surface area contributed by atoms with Crippen molar-refractivity contribution in [3.63, 3.8) is 0 Å². The van der Waals surface area contributed by atoms with Gasteiger partial charge in [0.2, 0.25) is 0 Å². The number of aromatic nitrogens is 1. The van der Waals surface area contributed by atoms with Gasteiger partial charge in [0.05, 0.1) is 25.4 Å². The molecule has 0 N–H and O–H groups in total. The fourth-order valence-corrected chi connectivity index (χ4v) is 3.71. The molecular weight excluding hydrogens is 483 g/mol. The molecule has 1 atom stereocenters. The first kappa shape index (κ1) is 23.9. The highest BCUT2D eigenvalue weighted by molar-refractivity contribution is 6.50. The van der Waals surface area contributed by atoms with E-state index >= 15 is 0 Å². The maximum absolute atomic E-state index is 12.4. The van der Waals surface area contributed by atoms with Crippen LogP contribution in [0.3, 0.4) is 0 Å². The number of alkyl halides is 2. The number of oxime groups is 1. The van der Waals surface area contributed by atoms with Crippen LogP contribution in [0.25, 0.3) is 16.5 Å². The number of halogens is 2. The van der Waals surface area contributed by atoms with E-state index in [1.54, 1.807) is 31.2 Å². The van der Waals surface area contributed by atoms with Crippen molar-refractivity contribution in [2.24, 2.45) is 11.1 Å². The lowest BCUT2D eigenvalue weighted by Crippen LogP contribution is -2.10. The molecule has 10 heteroatoms. The molecule has 0 spiro atoms. The van der Waals surface area contributed by atoms with Crippen molar-refractivity contribution in [3.05, 3.63) is 66.1 Å². The SMILES string of the molecule is COC=C(C(=O)OCON=C(C)c1noc2cc(OCC3CC3(Cl)Cl)ccc12)c1ccccc1. The van der Waals surface area contributed by atoms with Crippen LogP contribution in [0.5, 0.6) is 5.75 Å². The number of nitrogens with zero attached hydrogens (tertiary/aromatic N) is 2. The molecule has 1 aromatic heterocycles. The monoisotopic (exact) mass is 504 g/mol. The van der Waals surface area contributed by atoms with Crippen LogP contribution >= 0.6 is 23.2 Å². The average molecular weight is 505 g/mol. The minimum atomic E-state index is -0.686. The molecule has 0 radical (unpaired) electrons. The summed E-state index contributed by atoms with van der Waals surface area (Å²) >= 11 is 12.1. The molecule has 0 bridgehead atoms. The molecule has 3 aromatic rings. The third-order valence-electron chi connectivity index (χ3n) is 5.18. The Balaban J connectivity index is 1.33. The van der Waals surface area contributed by atoms with E-state index in [0.717, 1.165) is 5.39 Å². The zero-order chi connectivity index (χ0) is 24.1. The summed E-state index contributed by atoms with van der Waals surface area (Å²) in [4.78, 5) is 17.6. The van der Waals surface area contributed by atoms with Crippen molar-refractivity contribution >= 4 is 51.4 Å². The molecule has 2 aromatic carbocycles. The van der Waals surface area contributed by atoms with Crippen LogP contribution in [0.4, 0.5) is 0 Å². The minimum absolute atomic E-state index is 0.117. The van der Waals surface area contributed by atoms with E-state index in [-0.39, 0.29) is 18.3 Å². The van der Waals surface area contributed by atoms with E-state index in [9.17, 15) is 4.79 Å². The van der Waals surface area contributed by atoms with Gasteiger partial charge < -0.3 is 23.6 Å². The number of ether oxygens (including phenoxy) is 3. The van der Waals surface area contributed by atoms with E-state index in [1.807, 2.05) is 24.3 Å². The van der Waals surface area contributed by atoms with Crippen molar-refractivity contribution < 1.29 is 28.4 Å². The molecule has 1 unspecified atom stereocenters. The highest BCUT2D eigenvalue weighted by Gasteiger charge is 2.52. The summed E-state index contributed by atoms with van der Waals surface area (Å²) < 4.78 is 20.6. The van der Waals surface area contributed by atoms with Gasteiger partial charge >= 0.3 is 5.97 Å². The summed E-state index contributed by atoms with van der Waals surface area (Å²) in [6.07, 6.45) is 2.03. The Labute approximate surface area is 206 Å². The second-order valence-electron chi connectivity index (χ2n) is 7.65. The maximum atomic E-state index is 12.4. The first-order valence-corrected chi connectivity index (χ1v) is 11.2. The molecule has 1 saturated carbocycles. The van der Waals surface area contributed by atoms with Crippen LogP contribution in [0.2, 0.25) is 0 Å². The van der Waals surface area contributed by atoms with Gasteiger partial charge in [0.25, 0.3) is 6.79 Å². The maximum Gasteiger partial charge on any atom is 0.344 e. The van der Waals surface area contributed by atoms with Crippen LogP contribution < -0.4 is 4.74 Å². The third kappa shape index (κ3) is 5.63. The third-order valence-corrected chi connectivity index (χ3v) is 6.10. The Kier molecular flexibility index (Phi) is 7.29. The van der Waals surface area contributed by atoms with E-state index in [1.165, 1.54) is 13.4 Å². The van der Waals surface area contributed by atoms with Crippen LogP contribution in [0.1, 0.15) is 24.6 Å². The summed E-state index contributed by atoms with van der Waals surface area (Å²) in [6.45, 7) is 1.75. The highest BCUT2D eigenvalue weighted by Crippen LogP contribution is 2.53. The summed E-state index contributed by atoms with van der Waals surface area (Å²) in [5.41, 5.74) is 2.40. The Hall–Kier alpha value is -3.23. The molecule has 1 aliphatic rings. The van der Waals surface area contributed by atoms with Gasteiger partial charge in [-0.3, -0.25) is 0 Å². The molecule has 8 nitrogen and oxygen atoms in total. The Morgan fingerprint density at radius 2 is 2.03 bits per heavy atom. The summed E-state index contributed by atoms with van der Waals surface area (Å²) in [5.74, 6) is 0.139. The quantitative estimate of drug-likeness (QED) is 0.0538. The predicted octanol–water partition coefficient (Wildman–Crippen LogP) is 5.33. The van der Waals surface area contributed by atoms with Crippen LogP contribution in [0.15, 0.2) is 64.5 Å². The molecule has 0 amide bonds. The summed E-state index contributed by atoms with van der Waals surface area (Å²) in [5, 5.41) is 8.77. The predicted molar refractivity (Wildman–Crippen MR) is 128 cm³/mol. The molecule has 0 aliphatic heterocycles. The zero-order valence-electron chi connectivity index (χ0n) is 18.5. The van der Waals surface area contributed by atoms with Crippen molar-refractivity contribution in [2.75, 3.05) is 20.5 Å². The number of esters is 1. The number of carbonyl (C=O) groups is 1. The van der Waals surface area contributed by atoms with Crippen molar-refractivity contribution in [3.8, 4) is 5.75 Å². The van der Waals surface area contributed by atoms with Crippen molar-refractivity contribution in [1.29, 1.82) is 0 Å². The largest absolute Gasteiger partial charge is 0.503 e. The van der Waals surface area contributed by atoms with E-state index < -0.39 is 10.3 Å². The van der Waals surface area contributed by atoms with E-state index in [4.69, 9.17) is 46.8 Å². The van der Waals surface area contributed by atoms with Crippen LogP contribution in [-0.4, -0.2) is 41.7 Å². The Morgan fingerprint density at radius 3 is 2.74 bits per heavy atom. The van der Waals surface area contributed by atoms with Crippen LogP contribution in [-0.2, 0) is 19.1 Å². The number of benzene rings is 2. The number of methoxy groups -OCH3 is 1. The van der Waals surface area contributed by atoms with Gasteiger partial charge in [-0.1, -0.05) is 40.6 Å². The fraction of sp³-hybridized carbons (Fsp3) is 0.292. The average Bonchev–Trinajstić information content (AvgIpc) is 3.24. The standard InChI is InChI=1S/C24H22Cl2N2O6/c1-15(27-33-14-32-23(29)20(13-30-2)16-6-4-3-5-7-16)22-19-9-8-18(10-21(19)34-28-22)31-12-17-11-24(17,25)26/h3-10,13,17H,11-12,14H2,1-2H3. The second kappa shape index (κ2) is 10.4. The molecule has 1 aliphatic carbocycles. The highest BCUT2D eigenvalue weighted by atomic mass is 35.5. The summed E-state index contributed by atoms with van der Waals surface area (Å²) in [7, 11) is 1.45. The van der Waals surface area contributed by atoms with Crippen LogP contribution in [0, 0.1) is 5.92 Å². The number of fused-ring (bicyclic) bond motifs is 1.